The number of ketones is 3. The van der Waals surface area contributed by atoms with E-state index in [2.05, 4.69) is 216 Å². The van der Waals surface area contributed by atoms with Crippen LogP contribution >= 0.6 is 91.3 Å². The number of rotatable bonds is 19. The molecule has 0 aromatic heterocycles. The monoisotopic (exact) mass is 1930 g/mol. The molecule has 630 valence electrons. The van der Waals surface area contributed by atoms with E-state index in [0.29, 0.717) is 53.2 Å². The SMILES string of the molecule is CC(C)(C)[Si](C)(C)Cl.CC(C)(C)[Si](C)(C)OC(c1ccccc1)c1ccc(Br)cc1.CC(C)(C)[Si](C)(C)OC(c1ccccc1)c1ccc(C=O)cc1.ClCCl.O=C(c1ccccc1)c1ccc(Br)cc1.O=C(c1ccccc1)c1ccc(Br)cc1.O=Cc1ccc(C(=O)c2ccccc2)cc1.O=Cc1ccc(C(O)c2ccccc2)cc1.[2H]PC. The van der Waals surface area contributed by atoms with Crippen molar-refractivity contribution in [2.24, 2.45) is 0 Å². The first-order chi connectivity index (χ1) is 57.2. The third-order valence-electron chi connectivity index (χ3n) is 20.1. The maximum atomic E-state index is 12.0. The van der Waals surface area contributed by atoms with Crippen molar-refractivity contribution in [2.45, 2.75) is 135 Å². The van der Waals surface area contributed by atoms with Gasteiger partial charge in [-0.25, -0.2) is 0 Å². The number of hydrogen-bond acceptors (Lipinski definition) is 9. The van der Waals surface area contributed by atoms with Crippen molar-refractivity contribution in [3.05, 3.63) is 424 Å². The normalized spacial score (nSPS) is 11.9. The van der Waals surface area contributed by atoms with Gasteiger partial charge >= 0.3 is 0 Å². The van der Waals surface area contributed by atoms with Gasteiger partial charge in [-0.2, -0.15) is 11.1 Å². The summed E-state index contributed by atoms with van der Waals surface area (Å²) in [4.78, 5) is 67.7. The van der Waals surface area contributed by atoms with E-state index < -0.39 is 30.1 Å². The zero-order valence-corrected chi connectivity index (χ0v) is 82.4. The highest BCUT2D eigenvalue weighted by Gasteiger charge is 2.41. The molecular formula is C101H113Br3Cl3O9PSi3. The van der Waals surface area contributed by atoms with E-state index in [1.165, 1.54) is 11.1 Å². The fraction of sp³-hybridized carbons (Fsp3) is 0.228. The lowest BCUT2D eigenvalue weighted by molar-refractivity contribution is 0.103. The van der Waals surface area contributed by atoms with Crippen LogP contribution in [-0.4, -0.2) is 78.6 Å². The van der Waals surface area contributed by atoms with E-state index in [1.807, 2.05) is 207 Å². The van der Waals surface area contributed by atoms with E-state index >= 15 is 0 Å². The Morgan fingerprint density at radius 2 is 0.525 bits per heavy atom. The average Bonchev–Trinajstić information content (AvgIpc) is 0.802. The smallest absolute Gasteiger partial charge is 0.193 e. The number of benzene rings is 12. The van der Waals surface area contributed by atoms with Gasteiger partial charge in [-0.05, 0) is 135 Å². The third-order valence-corrected chi connectivity index (χ3v) is 35.8. The van der Waals surface area contributed by atoms with Gasteiger partial charge in [-0.15, -0.1) is 32.4 Å². The molecule has 0 spiro atoms. The van der Waals surface area contributed by atoms with Crippen molar-refractivity contribution in [1.82, 2.24) is 0 Å². The Morgan fingerprint density at radius 3 is 0.758 bits per heavy atom. The van der Waals surface area contributed by atoms with Gasteiger partial charge in [-0.3, -0.25) is 28.8 Å². The molecule has 0 aliphatic rings. The van der Waals surface area contributed by atoms with Crippen molar-refractivity contribution in [3.8, 4) is 0 Å². The fourth-order valence-electron chi connectivity index (χ4n) is 10.0. The standard InChI is InChI=1S/C20H26O2Si.C19H25BrOSi.C14H12O2.C14H10O2.2C13H9BrO.C6H15ClSi.CH2Cl2.CH5P/c1-20(2,3)23(4,5)22-19(17-9-7-6-8-10-17)18-13-11-16(15-21)12-14-18;1-19(2,3)22(4,5)21-18(15-9-7-6-8-10-15)16-11-13-17(20)14-12-16;2*15-10-11-6-8-13(9-7-11)14(16)12-4-2-1-3-5-12;2*14-12-8-6-11(7-9-12)13(15)10-4-2-1-3-5-10;1-6(2,3)8(4,5)7;2-1-3;1-2/h6-15,19H,1-5H3;6-14,18H,1-5H3;1-10,14,16H;1-10H;2*1-9H;1-5H3;1H2;2H2,1H3/i;;;;;;;;2D. The number of carbonyl (C=O) groups is 6. The van der Waals surface area contributed by atoms with Crippen molar-refractivity contribution in [3.63, 3.8) is 0 Å². The van der Waals surface area contributed by atoms with Gasteiger partial charge in [0.15, 0.2) is 41.4 Å². The molecular weight excluding hydrogens is 1820 g/mol. The molecule has 0 saturated heterocycles. The summed E-state index contributed by atoms with van der Waals surface area (Å²) in [6, 6.07) is 102. The van der Waals surface area contributed by atoms with Gasteiger partial charge in [0, 0.05) is 63.5 Å². The van der Waals surface area contributed by atoms with Gasteiger partial charge < -0.3 is 14.0 Å². The number of alkyl halides is 2. The third kappa shape index (κ3) is 35.8. The highest BCUT2D eigenvalue weighted by molar-refractivity contribution is 9.11. The van der Waals surface area contributed by atoms with Crippen LogP contribution in [0.5, 0.6) is 0 Å². The minimum absolute atomic E-state index is 0.00445. The number of aldehydes is 3. The van der Waals surface area contributed by atoms with E-state index in [9.17, 15) is 33.9 Å². The zero-order valence-electron chi connectivity index (χ0n) is 72.3. The number of aliphatic hydroxyl groups excluding tert-OH is 1. The van der Waals surface area contributed by atoms with Crippen LogP contribution in [0, 0.1) is 0 Å². The molecule has 9 nitrogen and oxygen atoms in total. The Bertz CT molecular complexity index is 4890. The van der Waals surface area contributed by atoms with Gasteiger partial charge in [0.25, 0.3) is 0 Å². The molecule has 0 heterocycles. The lowest BCUT2D eigenvalue weighted by Gasteiger charge is -2.39. The minimum Gasteiger partial charge on any atom is -0.406 e. The maximum absolute atomic E-state index is 12.0. The summed E-state index contributed by atoms with van der Waals surface area (Å²) in [5.41, 5.74) is 12.3. The summed E-state index contributed by atoms with van der Waals surface area (Å²) in [5.74, 6) is 0.0873. The molecule has 0 saturated carbocycles. The van der Waals surface area contributed by atoms with Crippen LogP contribution in [0.25, 0.3) is 0 Å². The molecule has 4 unspecified atom stereocenters. The van der Waals surface area contributed by atoms with E-state index in [1.54, 1.807) is 60.7 Å². The molecule has 12 aromatic rings. The van der Waals surface area contributed by atoms with Crippen molar-refractivity contribution in [2.75, 3.05) is 12.0 Å². The predicted octanol–water partition coefficient (Wildman–Crippen LogP) is 30.0. The van der Waals surface area contributed by atoms with Crippen LogP contribution in [0.4, 0.5) is 0 Å². The lowest BCUT2D eigenvalue weighted by atomic mass is 10.0. The summed E-state index contributed by atoms with van der Waals surface area (Å²) in [7, 11) is -4.84. The summed E-state index contributed by atoms with van der Waals surface area (Å²) in [6.07, 6.45) is 1.68. The summed E-state index contributed by atoms with van der Waals surface area (Å²) in [5, 5.41) is 10.9. The number of halogens is 6. The first-order valence-electron chi connectivity index (χ1n) is 39.5. The lowest BCUT2D eigenvalue weighted by Crippen LogP contribution is -2.42. The Hall–Kier alpha value is -8.07. The molecule has 4 atom stereocenters. The van der Waals surface area contributed by atoms with Crippen molar-refractivity contribution in [1.29, 1.82) is 1.28 Å². The average molecular weight is 1930 g/mol. The fourth-order valence-corrected chi connectivity index (χ4v) is 13.2. The topological polar surface area (TPSA) is 141 Å². The Balaban J connectivity index is 0.000000297. The van der Waals surface area contributed by atoms with E-state index in [4.69, 9.17) is 44.4 Å². The quantitative estimate of drug-likeness (QED) is 0.0209. The second-order valence-corrected chi connectivity index (χ2v) is 52.3. The summed E-state index contributed by atoms with van der Waals surface area (Å²) in [6.45, 7) is 35.5. The number of aliphatic hydroxyl groups is 1. The van der Waals surface area contributed by atoms with Crippen LogP contribution in [0.3, 0.4) is 0 Å². The van der Waals surface area contributed by atoms with Crippen molar-refractivity contribution >= 4 is 151 Å². The molecule has 0 amide bonds. The summed E-state index contributed by atoms with van der Waals surface area (Å²) >= 11 is 25.9. The predicted molar refractivity (Wildman–Crippen MR) is 526 cm³/mol. The first-order valence-corrected chi connectivity index (χ1v) is 53.3. The van der Waals surface area contributed by atoms with Gasteiger partial charge in [0.2, 0.25) is 0 Å². The Morgan fingerprint density at radius 1 is 0.350 bits per heavy atom. The maximum Gasteiger partial charge on any atom is 0.193 e. The van der Waals surface area contributed by atoms with Crippen LogP contribution in [-0.2, 0) is 8.85 Å². The van der Waals surface area contributed by atoms with Crippen molar-refractivity contribution < 1.29 is 42.7 Å². The Kier molecular flexibility index (Phi) is 44.8. The molecule has 0 bridgehead atoms. The molecule has 12 rings (SSSR count). The first kappa shape index (κ1) is 102. The zero-order chi connectivity index (χ0) is 90.0. The molecule has 0 radical (unpaired) electrons. The minimum atomic E-state index is -1.92. The van der Waals surface area contributed by atoms with Crippen LogP contribution in [0.1, 0.15) is 193 Å². The molecule has 120 heavy (non-hydrogen) atoms. The van der Waals surface area contributed by atoms with E-state index in [-0.39, 0.29) is 45.0 Å². The molecule has 1 N–H and O–H groups in total. The molecule has 19 heteroatoms. The van der Waals surface area contributed by atoms with Gasteiger partial charge in [0.1, 0.15) is 25.0 Å². The molecule has 12 aromatic carbocycles. The van der Waals surface area contributed by atoms with Gasteiger partial charge in [-0.1, -0.05) is 397 Å². The molecule has 0 aliphatic carbocycles. The second kappa shape index (κ2) is 52.4. The van der Waals surface area contributed by atoms with Crippen LogP contribution in [0.2, 0.25) is 54.4 Å². The molecule has 0 aliphatic heterocycles. The number of hydrogen-bond donors (Lipinski definition) is 1. The van der Waals surface area contributed by atoms with Crippen LogP contribution in [0.15, 0.2) is 341 Å². The summed E-state index contributed by atoms with van der Waals surface area (Å²) < 4.78 is 22.7. The number of carbonyl (C=O) groups excluding carboxylic acids is 6. The van der Waals surface area contributed by atoms with Gasteiger partial charge in [0.05, 0.1) is 18.8 Å². The highest BCUT2D eigenvalue weighted by Crippen LogP contribution is 2.44. The van der Waals surface area contributed by atoms with Crippen LogP contribution < -0.4 is 0 Å². The van der Waals surface area contributed by atoms with E-state index in [0.717, 1.165) is 65.7 Å². The highest BCUT2D eigenvalue weighted by atomic mass is 79.9. The largest absolute Gasteiger partial charge is 0.406 e. The second-order valence-electron chi connectivity index (χ2n) is 31.9. The Labute approximate surface area is 760 Å². The molecule has 0 fully saturated rings.